The second kappa shape index (κ2) is 9.40. The molecule has 0 spiro atoms. The van der Waals surface area contributed by atoms with Gasteiger partial charge in [-0.15, -0.1) is 0 Å². The lowest BCUT2D eigenvalue weighted by atomic mass is 9.98. The maximum Gasteiger partial charge on any atom is 0.407 e. The van der Waals surface area contributed by atoms with E-state index in [4.69, 9.17) is 9.47 Å². The fraction of sp³-hybridized carbons (Fsp3) is 0.185. The van der Waals surface area contributed by atoms with Crippen molar-refractivity contribution in [3.05, 3.63) is 94.5 Å². The molecule has 0 fully saturated rings. The second-order valence-electron chi connectivity index (χ2n) is 7.50. The van der Waals surface area contributed by atoms with Gasteiger partial charge < -0.3 is 14.8 Å². The van der Waals surface area contributed by atoms with E-state index >= 15 is 0 Å². The Bertz CT molecular complexity index is 1190. The van der Waals surface area contributed by atoms with Gasteiger partial charge in [-0.05, 0) is 46.9 Å². The summed E-state index contributed by atoms with van der Waals surface area (Å²) in [4.78, 5) is 23.9. The maximum atomic E-state index is 12.2. The fourth-order valence-corrected chi connectivity index (χ4v) is 3.91. The first-order valence-electron chi connectivity index (χ1n) is 10.3. The van der Waals surface area contributed by atoms with E-state index in [2.05, 4.69) is 41.4 Å². The molecule has 32 heavy (non-hydrogen) atoms. The molecule has 1 aliphatic rings. The first-order chi connectivity index (χ1) is 15.6. The quantitative estimate of drug-likeness (QED) is 0.487. The van der Waals surface area contributed by atoms with Gasteiger partial charge in [0.05, 0.1) is 19.2 Å². The minimum absolute atomic E-state index is 0.0166. The van der Waals surface area contributed by atoms with E-state index in [0.29, 0.717) is 11.1 Å². The predicted octanol–water partition coefficient (Wildman–Crippen LogP) is 4.67. The average molecular weight is 425 g/mol. The molecule has 5 heteroatoms. The van der Waals surface area contributed by atoms with Crippen molar-refractivity contribution in [2.24, 2.45) is 0 Å². The molecule has 0 heterocycles. The first-order valence-corrected chi connectivity index (χ1v) is 10.3. The van der Waals surface area contributed by atoms with Crippen molar-refractivity contribution in [1.82, 2.24) is 5.32 Å². The van der Waals surface area contributed by atoms with Gasteiger partial charge in [0, 0.05) is 11.5 Å². The van der Waals surface area contributed by atoms with E-state index in [0.717, 1.165) is 5.56 Å². The Labute approximate surface area is 187 Å². The summed E-state index contributed by atoms with van der Waals surface area (Å²) in [5, 5.41) is 2.67. The summed E-state index contributed by atoms with van der Waals surface area (Å²) in [5.74, 6) is 5.49. The number of fused-ring (bicyclic) bond motifs is 3. The van der Waals surface area contributed by atoms with Crippen LogP contribution in [0.15, 0.2) is 66.7 Å². The highest BCUT2D eigenvalue weighted by Crippen LogP contribution is 2.44. The fourth-order valence-electron chi connectivity index (χ4n) is 3.91. The molecular weight excluding hydrogens is 402 g/mol. The summed E-state index contributed by atoms with van der Waals surface area (Å²) in [5.41, 5.74) is 6.80. The van der Waals surface area contributed by atoms with Gasteiger partial charge in [-0.25, -0.2) is 9.59 Å². The Morgan fingerprint density at radius 2 is 1.62 bits per heavy atom. The number of carbonyl (C=O) groups excluding carboxylic acids is 2. The van der Waals surface area contributed by atoms with Crippen molar-refractivity contribution in [3.8, 4) is 23.0 Å². The van der Waals surface area contributed by atoms with Crippen molar-refractivity contribution < 1.29 is 19.1 Å². The highest BCUT2D eigenvalue weighted by molar-refractivity contribution is 5.89. The Kier molecular flexibility index (Phi) is 6.23. The number of alkyl carbamates (subject to hydrolysis) is 1. The summed E-state index contributed by atoms with van der Waals surface area (Å²) in [7, 11) is 1.34. The molecule has 0 unspecified atom stereocenters. The lowest BCUT2D eigenvalue weighted by Gasteiger charge is -2.14. The number of ether oxygens (including phenoxy) is 2. The predicted molar refractivity (Wildman–Crippen MR) is 122 cm³/mol. The van der Waals surface area contributed by atoms with Gasteiger partial charge >= 0.3 is 12.1 Å². The molecule has 5 nitrogen and oxygen atoms in total. The molecule has 3 aromatic rings. The molecular formula is C27H23NO4. The molecule has 3 aromatic carbocycles. The summed E-state index contributed by atoms with van der Waals surface area (Å²) < 4.78 is 10.2. The van der Waals surface area contributed by atoms with E-state index in [1.165, 1.54) is 29.4 Å². The number of hydrogen-bond donors (Lipinski definition) is 1. The van der Waals surface area contributed by atoms with Crippen LogP contribution in [0.1, 0.15) is 38.5 Å². The number of carbonyl (C=O) groups is 2. The molecule has 160 valence electrons. The van der Waals surface area contributed by atoms with Crippen LogP contribution in [0.5, 0.6) is 0 Å². The zero-order valence-corrected chi connectivity index (χ0v) is 18.0. The minimum atomic E-state index is -0.513. The summed E-state index contributed by atoms with van der Waals surface area (Å²) in [6, 6.07) is 21.6. The van der Waals surface area contributed by atoms with Gasteiger partial charge in [-0.2, -0.15) is 0 Å². The third-order valence-corrected chi connectivity index (χ3v) is 5.55. The summed E-state index contributed by atoms with van der Waals surface area (Å²) in [6.07, 6.45) is -0.513. The van der Waals surface area contributed by atoms with Crippen LogP contribution in [0.2, 0.25) is 0 Å². The number of rotatable bonds is 4. The number of methoxy groups -OCH3 is 1. The number of esters is 1. The van der Waals surface area contributed by atoms with E-state index in [-0.39, 0.29) is 19.1 Å². The summed E-state index contributed by atoms with van der Waals surface area (Å²) >= 11 is 0. The smallest absolute Gasteiger partial charge is 0.407 e. The molecule has 4 rings (SSSR count). The number of aryl methyl sites for hydroxylation is 1. The van der Waals surface area contributed by atoms with Crippen molar-refractivity contribution in [2.45, 2.75) is 12.8 Å². The summed E-state index contributed by atoms with van der Waals surface area (Å²) in [6.45, 7) is 2.30. The molecule has 0 aliphatic heterocycles. The van der Waals surface area contributed by atoms with Crippen LogP contribution < -0.4 is 5.32 Å². The minimum Gasteiger partial charge on any atom is -0.465 e. The van der Waals surface area contributed by atoms with Crippen LogP contribution in [-0.2, 0) is 9.47 Å². The normalized spacial score (nSPS) is 11.6. The van der Waals surface area contributed by atoms with E-state index in [9.17, 15) is 9.59 Å². The monoisotopic (exact) mass is 425 g/mol. The zero-order chi connectivity index (χ0) is 22.5. The Morgan fingerprint density at radius 3 is 2.28 bits per heavy atom. The van der Waals surface area contributed by atoms with E-state index in [1.54, 1.807) is 12.1 Å². The second-order valence-corrected chi connectivity index (χ2v) is 7.50. The van der Waals surface area contributed by atoms with Crippen molar-refractivity contribution >= 4 is 12.1 Å². The first kappa shape index (κ1) is 21.2. The highest BCUT2D eigenvalue weighted by atomic mass is 16.5. The molecule has 0 saturated carbocycles. The number of benzene rings is 3. The van der Waals surface area contributed by atoms with Crippen LogP contribution in [0.3, 0.4) is 0 Å². The molecule has 0 atom stereocenters. The third kappa shape index (κ3) is 4.35. The van der Waals surface area contributed by atoms with Crippen LogP contribution in [0, 0.1) is 18.8 Å². The van der Waals surface area contributed by atoms with Crippen molar-refractivity contribution in [3.63, 3.8) is 0 Å². The molecule has 1 aliphatic carbocycles. The van der Waals surface area contributed by atoms with Crippen LogP contribution in [0.25, 0.3) is 11.1 Å². The number of hydrogen-bond acceptors (Lipinski definition) is 4. The van der Waals surface area contributed by atoms with Gasteiger partial charge in [0.1, 0.15) is 6.61 Å². The number of amides is 1. The lowest BCUT2D eigenvalue weighted by molar-refractivity contribution is 0.0600. The van der Waals surface area contributed by atoms with Gasteiger partial charge in [-0.1, -0.05) is 66.4 Å². The topological polar surface area (TPSA) is 64.6 Å². The molecule has 1 amide bonds. The molecule has 1 N–H and O–H groups in total. The van der Waals surface area contributed by atoms with E-state index in [1.807, 2.05) is 37.3 Å². The Hall–Kier alpha value is -4.04. The van der Waals surface area contributed by atoms with Gasteiger partial charge in [0.25, 0.3) is 0 Å². The average Bonchev–Trinajstić information content (AvgIpc) is 3.14. The van der Waals surface area contributed by atoms with Gasteiger partial charge in [0.15, 0.2) is 0 Å². The Balaban J connectivity index is 1.35. The molecule has 0 bridgehead atoms. The van der Waals surface area contributed by atoms with Crippen LogP contribution in [-0.4, -0.2) is 32.3 Å². The van der Waals surface area contributed by atoms with Crippen LogP contribution >= 0.6 is 0 Å². The van der Waals surface area contributed by atoms with Gasteiger partial charge in [0.2, 0.25) is 0 Å². The zero-order valence-electron chi connectivity index (χ0n) is 18.0. The van der Waals surface area contributed by atoms with Gasteiger partial charge in [-0.3, -0.25) is 0 Å². The SMILES string of the molecule is COC(=O)c1ccc(C)c(C#CCNC(=O)OCC2c3ccccc3-c3ccccc32)c1. The highest BCUT2D eigenvalue weighted by Gasteiger charge is 2.28. The maximum absolute atomic E-state index is 12.2. The van der Waals surface area contributed by atoms with Crippen molar-refractivity contribution in [1.29, 1.82) is 0 Å². The molecule has 0 saturated heterocycles. The van der Waals surface area contributed by atoms with E-state index < -0.39 is 12.1 Å². The largest absolute Gasteiger partial charge is 0.465 e. The standard InChI is InChI=1S/C27H23NO4/c1-18-13-14-20(26(29)31-2)16-19(18)8-7-15-28-27(30)32-17-25-23-11-5-3-9-21(23)22-10-4-6-12-24(22)25/h3-6,9-14,16,25H,15,17H2,1-2H3,(H,28,30). The molecule has 0 aromatic heterocycles. The Morgan fingerprint density at radius 1 is 0.969 bits per heavy atom. The number of nitrogens with one attached hydrogen (secondary N) is 1. The lowest BCUT2D eigenvalue weighted by Crippen LogP contribution is -2.26. The third-order valence-electron chi connectivity index (χ3n) is 5.55. The van der Waals surface area contributed by atoms with Crippen LogP contribution in [0.4, 0.5) is 4.79 Å². The van der Waals surface area contributed by atoms with Crippen molar-refractivity contribution in [2.75, 3.05) is 20.3 Å². The molecule has 0 radical (unpaired) electrons.